The van der Waals surface area contributed by atoms with Crippen molar-refractivity contribution in [3.8, 4) is 0 Å². The molecule has 0 bridgehead atoms. The monoisotopic (exact) mass is 408 g/mol. The van der Waals surface area contributed by atoms with Crippen molar-refractivity contribution in [2.24, 2.45) is 0 Å². The number of halogens is 4. The normalized spacial score (nSPS) is 0. The van der Waals surface area contributed by atoms with E-state index < -0.39 is 0 Å². The molecule has 0 rings (SSSR count). The largest absolute Gasteiger partial charge is 1.00 e. The van der Waals surface area contributed by atoms with E-state index in [1.54, 1.807) is 0 Å². The quantitative estimate of drug-likeness (QED) is 0.348. The minimum atomic E-state index is 0. The van der Waals surface area contributed by atoms with E-state index in [0.29, 0.717) is 0 Å². The Morgan fingerprint density at radius 2 is 0.250 bits per heavy atom. The molecule has 0 aliphatic heterocycles. The van der Waals surface area contributed by atoms with Crippen LogP contribution < -0.4 is 186 Å². The second kappa shape index (κ2) is 52.4. The van der Waals surface area contributed by atoms with Gasteiger partial charge < -0.3 is 67.9 Å². The molecule has 0 amide bonds. The molecule has 0 aliphatic rings. The summed E-state index contributed by atoms with van der Waals surface area (Å²) in [5, 5.41) is 0. The maximum atomic E-state index is 0. The van der Waals surface area contributed by atoms with Crippen molar-refractivity contribution >= 4 is 0 Å². The molecule has 0 saturated carbocycles. The van der Waals surface area contributed by atoms with Crippen LogP contribution in [-0.4, -0.2) is 0 Å². The standard InChI is InChI=1S/4BrH.4Na/h4*1H;;;;/q;;;;4*+1/p-4. The van der Waals surface area contributed by atoms with E-state index in [1.807, 2.05) is 0 Å². The summed E-state index contributed by atoms with van der Waals surface area (Å²) < 4.78 is 0. The molecule has 0 nitrogen and oxygen atoms in total. The van der Waals surface area contributed by atoms with Gasteiger partial charge in [0.05, 0.1) is 0 Å². The molecule has 0 aromatic carbocycles. The van der Waals surface area contributed by atoms with Crippen LogP contribution in [0.1, 0.15) is 0 Å². The maximum absolute atomic E-state index is 0. The Morgan fingerprint density at radius 3 is 0.250 bits per heavy atom. The van der Waals surface area contributed by atoms with Gasteiger partial charge in [0.1, 0.15) is 0 Å². The first-order valence-electron chi connectivity index (χ1n) is 0. The molecule has 0 aromatic heterocycles. The molecule has 0 heterocycles. The summed E-state index contributed by atoms with van der Waals surface area (Å²) in [6.07, 6.45) is 0. The zero-order chi connectivity index (χ0) is 0. The zero-order valence-electron chi connectivity index (χ0n) is 5.51. The van der Waals surface area contributed by atoms with Crippen LogP contribution in [0.5, 0.6) is 0 Å². The Labute approximate surface area is 181 Å². The topological polar surface area (TPSA) is 0 Å². The molecular weight excluding hydrogens is 412 g/mol. The number of hydrogen-bond donors (Lipinski definition) is 0. The van der Waals surface area contributed by atoms with Crippen LogP contribution >= 0.6 is 0 Å². The van der Waals surface area contributed by atoms with Gasteiger partial charge in [-0.3, -0.25) is 0 Å². The van der Waals surface area contributed by atoms with Gasteiger partial charge in [0.25, 0.3) is 0 Å². The molecule has 8 heteroatoms. The molecule has 0 spiro atoms. The maximum Gasteiger partial charge on any atom is 1.00 e. The Hall–Kier alpha value is 5.92. The van der Waals surface area contributed by atoms with Crippen LogP contribution in [0.3, 0.4) is 0 Å². The summed E-state index contributed by atoms with van der Waals surface area (Å²) in [6.45, 7) is 0. The molecule has 0 aromatic rings. The molecule has 0 saturated heterocycles. The Bertz CT molecular complexity index is 8.00. The van der Waals surface area contributed by atoms with E-state index in [1.165, 1.54) is 0 Å². The van der Waals surface area contributed by atoms with Crippen molar-refractivity contribution in [1.29, 1.82) is 0 Å². The van der Waals surface area contributed by atoms with Crippen molar-refractivity contribution in [2.75, 3.05) is 0 Å². The minimum Gasteiger partial charge on any atom is -1.00 e. The first-order valence-corrected chi connectivity index (χ1v) is 0. The van der Waals surface area contributed by atoms with Crippen molar-refractivity contribution in [3.05, 3.63) is 0 Å². The second-order valence-electron chi connectivity index (χ2n) is 0. The predicted octanol–water partition coefficient (Wildman–Crippen LogP) is -24.0. The van der Waals surface area contributed by atoms with E-state index in [-0.39, 0.29) is 186 Å². The summed E-state index contributed by atoms with van der Waals surface area (Å²) in [7, 11) is 0. The van der Waals surface area contributed by atoms with Gasteiger partial charge in [-0.1, -0.05) is 0 Å². The molecule has 0 aliphatic carbocycles. The summed E-state index contributed by atoms with van der Waals surface area (Å²) in [4.78, 5) is 0. The van der Waals surface area contributed by atoms with E-state index in [0.717, 1.165) is 0 Å². The van der Waals surface area contributed by atoms with Gasteiger partial charge in [0.15, 0.2) is 0 Å². The molecule has 0 N–H and O–H groups in total. The number of rotatable bonds is 0. The van der Waals surface area contributed by atoms with E-state index in [2.05, 4.69) is 0 Å². The van der Waals surface area contributed by atoms with Crippen molar-refractivity contribution in [1.82, 2.24) is 0 Å². The van der Waals surface area contributed by atoms with E-state index in [4.69, 9.17) is 0 Å². The van der Waals surface area contributed by atoms with Crippen molar-refractivity contribution in [3.63, 3.8) is 0 Å². The fourth-order valence-electron chi connectivity index (χ4n) is 0. The summed E-state index contributed by atoms with van der Waals surface area (Å²) >= 11 is 0. The summed E-state index contributed by atoms with van der Waals surface area (Å²) in [6, 6.07) is 0. The van der Waals surface area contributed by atoms with Crippen molar-refractivity contribution in [2.45, 2.75) is 0 Å². The molecule has 0 atom stereocenters. The fourth-order valence-corrected chi connectivity index (χ4v) is 0. The van der Waals surface area contributed by atoms with Crippen LogP contribution in [0.25, 0.3) is 0 Å². The predicted molar refractivity (Wildman–Crippen MR) is 0 cm³/mol. The molecule has 0 radical (unpaired) electrons. The van der Waals surface area contributed by atoms with Gasteiger partial charge in [0.2, 0.25) is 0 Å². The van der Waals surface area contributed by atoms with Crippen LogP contribution in [0.4, 0.5) is 0 Å². The van der Waals surface area contributed by atoms with E-state index >= 15 is 0 Å². The van der Waals surface area contributed by atoms with Gasteiger partial charge in [0, 0.05) is 0 Å². The minimum absolute atomic E-state index is 0. The average Bonchev–Trinajstić information content (AvgIpc) is 0. The van der Waals surface area contributed by atoms with Gasteiger partial charge in [-0.25, -0.2) is 0 Å². The Morgan fingerprint density at radius 1 is 0.250 bits per heavy atom. The third kappa shape index (κ3) is 40.6. The molecule has 0 unspecified atom stereocenters. The van der Waals surface area contributed by atoms with Crippen LogP contribution in [0, 0.1) is 0 Å². The molecule has 32 valence electrons. The Kier molecular flexibility index (Phi) is 434. The molecular formula is Br4Na4. The SMILES string of the molecule is [Br-].[Br-].[Br-].[Br-].[Na+].[Na+].[Na+].[Na+]. The average molecular weight is 412 g/mol. The Balaban J connectivity index is 0. The van der Waals surface area contributed by atoms with Gasteiger partial charge in [-0.15, -0.1) is 0 Å². The first-order chi connectivity index (χ1) is 0. The molecule has 0 fully saturated rings. The first kappa shape index (κ1) is 66.3. The van der Waals surface area contributed by atoms with Gasteiger partial charge in [-0.2, -0.15) is 0 Å². The third-order valence-electron chi connectivity index (χ3n) is 0. The summed E-state index contributed by atoms with van der Waals surface area (Å²) in [5.41, 5.74) is 0. The van der Waals surface area contributed by atoms with Crippen LogP contribution in [0.15, 0.2) is 0 Å². The molecule has 8 heavy (non-hydrogen) atoms. The second-order valence-corrected chi connectivity index (χ2v) is 0. The van der Waals surface area contributed by atoms with Gasteiger partial charge >= 0.3 is 118 Å². The van der Waals surface area contributed by atoms with Crippen LogP contribution in [0.2, 0.25) is 0 Å². The van der Waals surface area contributed by atoms with E-state index in [9.17, 15) is 0 Å². The fraction of sp³-hybridized carbons (Fsp3) is 0. The third-order valence-corrected chi connectivity index (χ3v) is 0. The van der Waals surface area contributed by atoms with Gasteiger partial charge in [-0.05, 0) is 0 Å². The van der Waals surface area contributed by atoms with Crippen LogP contribution in [-0.2, 0) is 0 Å². The van der Waals surface area contributed by atoms with Crippen molar-refractivity contribution < 1.29 is 186 Å². The summed E-state index contributed by atoms with van der Waals surface area (Å²) in [5.74, 6) is 0. The zero-order valence-corrected chi connectivity index (χ0v) is 19.9. The number of hydrogen-bond acceptors (Lipinski definition) is 0. The smallest absolute Gasteiger partial charge is 1.00 e.